The molecule has 0 saturated carbocycles. The zero-order valence-electron chi connectivity index (χ0n) is 22.7. The average molecular weight is 457 g/mol. The second kappa shape index (κ2) is 11.6. The lowest BCUT2D eigenvalue weighted by molar-refractivity contribution is 0.856. The molecule has 182 valence electrons. The number of nitrogens with zero attached hydrogens (tertiary/aromatic N) is 2. The second-order valence-electron chi connectivity index (χ2n) is 9.54. The van der Waals surface area contributed by atoms with Crippen molar-refractivity contribution in [2.75, 3.05) is 36.0 Å². The maximum atomic E-state index is 2.41. The lowest BCUT2D eigenvalue weighted by atomic mass is 9.86. The van der Waals surface area contributed by atoms with Crippen molar-refractivity contribution in [2.24, 2.45) is 0 Å². The molecule has 0 heterocycles. The van der Waals surface area contributed by atoms with E-state index in [1.807, 2.05) is 0 Å². The molecule has 0 aliphatic carbocycles. The van der Waals surface area contributed by atoms with Crippen LogP contribution in [0.1, 0.15) is 86.8 Å². The number of rotatable bonds is 10. The molecule has 2 atom stereocenters. The van der Waals surface area contributed by atoms with Gasteiger partial charge in [0.1, 0.15) is 0 Å². The summed E-state index contributed by atoms with van der Waals surface area (Å²) in [5.74, 6) is 0.760. The molecule has 3 rings (SSSR count). The van der Waals surface area contributed by atoms with Crippen LogP contribution in [0.4, 0.5) is 11.4 Å². The van der Waals surface area contributed by atoms with Crippen molar-refractivity contribution in [1.29, 1.82) is 0 Å². The Morgan fingerprint density at radius 1 is 0.529 bits per heavy atom. The van der Waals surface area contributed by atoms with Gasteiger partial charge in [0.2, 0.25) is 0 Å². The summed E-state index contributed by atoms with van der Waals surface area (Å²) >= 11 is 0. The zero-order valence-corrected chi connectivity index (χ0v) is 22.7. The van der Waals surface area contributed by atoms with Gasteiger partial charge in [0.15, 0.2) is 0 Å². The Morgan fingerprint density at radius 2 is 0.853 bits per heavy atom. The van der Waals surface area contributed by atoms with Crippen LogP contribution in [-0.2, 0) is 0 Å². The van der Waals surface area contributed by atoms with Crippen molar-refractivity contribution in [1.82, 2.24) is 0 Å². The Hall–Kier alpha value is -2.74. The van der Waals surface area contributed by atoms with E-state index < -0.39 is 0 Å². The molecule has 2 nitrogen and oxygen atoms in total. The second-order valence-corrected chi connectivity index (χ2v) is 9.54. The van der Waals surface area contributed by atoms with E-state index in [9.17, 15) is 0 Å². The zero-order chi connectivity index (χ0) is 24.8. The van der Waals surface area contributed by atoms with Gasteiger partial charge in [-0.1, -0.05) is 50.2 Å². The summed E-state index contributed by atoms with van der Waals surface area (Å²) in [4.78, 5) is 4.82. The van der Waals surface area contributed by atoms with Crippen molar-refractivity contribution >= 4 is 11.4 Å². The van der Waals surface area contributed by atoms with Crippen LogP contribution >= 0.6 is 0 Å². The van der Waals surface area contributed by atoms with Crippen LogP contribution in [-0.4, -0.2) is 26.2 Å². The van der Waals surface area contributed by atoms with Crippen LogP contribution < -0.4 is 9.80 Å². The smallest absolute Gasteiger partial charge is 0.0368 e. The molecule has 0 bridgehead atoms. The molecule has 0 aliphatic heterocycles. The first-order valence-corrected chi connectivity index (χ1v) is 13.1. The van der Waals surface area contributed by atoms with Crippen LogP contribution in [0, 0.1) is 13.8 Å². The summed E-state index contributed by atoms with van der Waals surface area (Å²) in [5.41, 5.74) is 11.0. The van der Waals surface area contributed by atoms with Crippen molar-refractivity contribution in [3.63, 3.8) is 0 Å². The molecule has 3 aromatic rings. The highest BCUT2D eigenvalue weighted by Crippen LogP contribution is 2.33. The van der Waals surface area contributed by atoms with E-state index in [1.54, 1.807) is 0 Å². The normalized spacial score (nSPS) is 12.9. The third kappa shape index (κ3) is 5.49. The average Bonchev–Trinajstić information content (AvgIpc) is 2.85. The third-order valence-electron chi connectivity index (χ3n) is 7.63. The predicted molar refractivity (Wildman–Crippen MR) is 151 cm³/mol. The Kier molecular flexibility index (Phi) is 8.83. The number of aryl methyl sites for hydroxylation is 2. The maximum Gasteiger partial charge on any atom is 0.0368 e. The highest BCUT2D eigenvalue weighted by molar-refractivity contribution is 5.54. The number of anilines is 2. The summed E-state index contributed by atoms with van der Waals surface area (Å²) in [6, 6.07) is 23.2. The minimum atomic E-state index is 0.380. The molecule has 3 aromatic carbocycles. The summed E-state index contributed by atoms with van der Waals surface area (Å²) in [5, 5.41) is 0. The quantitative estimate of drug-likeness (QED) is 0.303. The summed E-state index contributed by atoms with van der Waals surface area (Å²) < 4.78 is 0. The monoisotopic (exact) mass is 456 g/mol. The minimum Gasteiger partial charge on any atom is -0.372 e. The van der Waals surface area contributed by atoms with Gasteiger partial charge in [-0.3, -0.25) is 0 Å². The lowest BCUT2D eigenvalue weighted by Gasteiger charge is -2.24. The molecule has 0 aromatic heterocycles. The van der Waals surface area contributed by atoms with Gasteiger partial charge in [0.05, 0.1) is 0 Å². The predicted octanol–water partition coefficient (Wildman–Crippen LogP) is 8.30. The van der Waals surface area contributed by atoms with Gasteiger partial charge in [-0.05, 0) is 99.2 Å². The van der Waals surface area contributed by atoms with E-state index >= 15 is 0 Å². The minimum absolute atomic E-state index is 0.380. The van der Waals surface area contributed by atoms with Crippen LogP contribution in [0.2, 0.25) is 0 Å². The lowest BCUT2D eigenvalue weighted by Crippen LogP contribution is -2.22. The summed E-state index contributed by atoms with van der Waals surface area (Å²) in [6.07, 6.45) is 0. The molecule has 0 radical (unpaired) electrons. The number of hydrogen-bond donors (Lipinski definition) is 0. The van der Waals surface area contributed by atoms with Gasteiger partial charge < -0.3 is 9.80 Å². The Morgan fingerprint density at radius 3 is 1.12 bits per heavy atom. The molecule has 34 heavy (non-hydrogen) atoms. The Labute approximate surface area is 208 Å². The van der Waals surface area contributed by atoms with Crippen molar-refractivity contribution < 1.29 is 0 Å². The molecular formula is C32H44N2. The van der Waals surface area contributed by atoms with E-state index in [-0.39, 0.29) is 0 Å². The molecule has 2 unspecified atom stereocenters. The molecule has 0 aliphatic rings. The summed E-state index contributed by atoms with van der Waals surface area (Å²) in [6.45, 7) is 22.2. The van der Waals surface area contributed by atoms with E-state index in [4.69, 9.17) is 0 Å². The van der Waals surface area contributed by atoms with Gasteiger partial charge >= 0.3 is 0 Å². The SMILES string of the molecule is CCN(CC)c1ccc(C(C)c2ccc(C(C)c3ccc(N(CC)CC)cc3C)cc2)c(C)c1. The first-order valence-electron chi connectivity index (χ1n) is 13.1. The van der Waals surface area contributed by atoms with Gasteiger partial charge in [-0.2, -0.15) is 0 Å². The van der Waals surface area contributed by atoms with Crippen molar-refractivity contribution in [2.45, 2.75) is 67.2 Å². The van der Waals surface area contributed by atoms with E-state index in [0.29, 0.717) is 11.8 Å². The molecule has 2 heteroatoms. The largest absolute Gasteiger partial charge is 0.372 e. The molecule has 0 saturated heterocycles. The fourth-order valence-corrected chi connectivity index (χ4v) is 5.29. The van der Waals surface area contributed by atoms with Crippen LogP contribution in [0.15, 0.2) is 60.7 Å². The van der Waals surface area contributed by atoms with Gasteiger partial charge in [0.25, 0.3) is 0 Å². The first-order chi connectivity index (χ1) is 16.3. The highest BCUT2D eigenvalue weighted by atomic mass is 15.1. The number of hydrogen-bond acceptors (Lipinski definition) is 2. The van der Waals surface area contributed by atoms with Crippen molar-refractivity contribution in [3.8, 4) is 0 Å². The fraction of sp³-hybridized carbons (Fsp3) is 0.438. The fourth-order valence-electron chi connectivity index (χ4n) is 5.29. The topological polar surface area (TPSA) is 6.48 Å². The van der Waals surface area contributed by atoms with E-state index in [0.717, 1.165) is 26.2 Å². The van der Waals surface area contributed by atoms with Crippen LogP contribution in [0.5, 0.6) is 0 Å². The first kappa shape index (κ1) is 25.9. The molecular weight excluding hydrogens is 412 g/mol. The Bertz CT molecular complexity index is 972. The third-order valence-corrected chi connectivity index (χ3v) is 7.63. The standard InChI is InChI=1S/C32H44N2/c1-9-33(10-2)29-17-19-31(23(5)21-29)25(7)27-13-15-28(16-14-27)26(8)32-20-18-30(22-24(32)6)34(11-3)12-4/h13-22,25-26H,9-12H2,1-8H3. The van der Waals surface area contributed by atoms with Crippen LogP contribution in [0.3, 0.4) is 0 Å². The molecule has 0 amide bonds. The van der Waals surface area contributed by atoms with Gasteiger partial charge in [-0.25, -0.2) is 0 Å². The summed E-state index contributed by atoms with van der Waals surface area (Å²) in [7, 11) is 0. The molecule has 0 N–H and O–H groups in total. The van der Waals surface area contributed by atoms with Gasteiger partial charge in [0, 0.05) is 49.4 Å². The Balaban J connectivity index is 1.79. The van der Waals surface area contributed by atoms with Crippen molar-refractivity contribution in [3.05, 3.63) is 94.0 Å². The maximum absolute atomic E-state index is 2.41. The molecule has 0 fully saturated rings. The van der Waals surface area contributed by atoms with Crippen LogP contribution in [0.25, 0.3) is 0 Å². The number of benzene rings is 3. The molecule has 0 spiro atoms. The highest BCUT2D eigenvalue weighted by Gasteiger charge is 2.16. The van der Waals surface area contributed by atoms with Gasteiger partial charge in [-0.15, -0.1) is 0 Å². The van der Waals surface area contributed by atoms with E-state index in [2.05, 4.69) is 126 Å². The van der Waals surface area contributed by atoms with E-state index in [1.165, 1.54) is 44.8 Å².